The van der Waals surface area contributed by atoms with Crippen LogP contribution < -0.4 is 9.62 Å². The number of benzene rings is 1. The predicted molar refractivity (Wildman–Crippen MR) is 103 cm³/mol. The van der Waals surface area contributed by atoms with Crippen molar-refractivity contribution in [3.8, 4) is 0 Å². The third-order valence-electron chi connectivity index (χ3n) is 4.51. The van der Waals surface area contributed by atoms with Crippen molar-refractivity contribution in [2.75, 3.05) is 16.2 Å². The molecule has 0 spiro atoms. The van der Waals surface area contributed by atoms with Gasteiger partial charge in [0.2, 0.25) is 15.9 Å². The van der Waals surface area contributed by atoms with Gasteiger partial charge in [0.1, 0.15) is 11.5 Å². The molecule has 1 aromatic heterocycles. The lowest BCUT2D eigenvalue weighted by Crippen LogP contribution is -2.36. The number of aromatic nitrogens is 1. The van der Waals surface area contributed by atoms with Crippen LogP contribution in [-0.2, 0) is 33.2 Å². The van der Waals surface area contributed by atoms with Crippen LogP contribution in [0.25, 0.3) is 0 Å². The number of alkyl halides is 3. The standard InChI is InChI=1S/C19H19F4N3O3S/c1-2-7-26-17(27)6-4-13-8-14(9-15(20)18(13)26)25-30(28,29)11-12-3-5-16(24-10-12)19(21,22)23/h3,5,8-10,25H,2,4,6-7,11H2,1H3. The Morgan fingerprint density at radius 2 is 1.93 bits per heavy atom. The molecule has 1 aliphatic rings. The van der Waals surface area contributed by atoms with E-state index in [1.165, 1.54) is 11.0 Å². The van der Waals surface area contributed by atoms with Crippen molar-refractivity contribution in [1.29, 1.82) is 0 Å². The number of anilines is 2. The van der Waals surface area contributed by atoms with Gasteiger partial charge in [-0.05, 0) is 36.1 Å². The number of carbonyl (C=O) groups is 1. The number of aryl methyl sites for hydroxylation is 1. The van der Waals surface area contributed by atoms with Crippen LogP contribution in [0.4, 0.5) is 28.9 Å². The first kappa shape index (κ1) is 22.0. The SMILES string of the molecule is CCCN1C(=O)CCc2cc(NS(=O)(=O)Cc3ccc(C(F)(F)F)nc3)cc(F)c21. The van der Waals surface area contributed by atoms with Crippen LogP contribution in [-0.4, -0.2) is 25.9 Å². The number of pyridine rings is 1. The van der Waals surface area contributed by atoms with Crippen LogP contribution in [0, 0.1) is 5.82 Å². The summed E-state index contributed by atoms with van der Waals surface area (Å²) in [6.07, 6.45) is -2.67. The summed E-state index contributed by atoms with van der Waals surface area (Å²) < 4.78 is 79.4. The highest BCUT2D eigenvalue weighted by atomic mass is 32.2. The van der Waals surface area contributed by atoms with E-state index in [1.54, 1.807) is 0 Å². The van der Waals surface area contributed by atoms with Crippen molar-refractivity contribution in [3.05, 3.63) is 53.1 Å². The maximum atomic E-state index is 14.7. The van der Waals surface area contributed by atoms with Crippen LogP contribution in [0.5, 0.6) is 0 Å². The van der Waals surface area contributed by atoms with E-state index in [9.17, 15) is 30.8 Å². The highest BCUT2D eigenvalue weighted by molar-refractivity contribution is 7.91. The molecule has 0 radical (unpaired) electrons. The lowest BCUT2D eigenvalue weighted by Gasteiger charge is -2.30. The first-order valence-electron chi connectivity index (χ1n) is 9.15. The van der Waals surface area contributed by atoms with Gasteiger partial charge in [-0.1, -0.05) is 13.0 Å². The molecule has 0 bridgehead atoms. The topological polar surface area (TPSA) is 79.4 Å². The first-order chi connectivity index (χ1) is 14.0. The van der Waals surface area contributed by atoms with E-state index in [2.05, 4.69) is 9.71 Å². The Kier molecular flexibility index (Phi) is 6.02. The van der Waals surface area contributed by atoms with E-state index in [-0.39, 0.29) is 35.7 Å². The van der Waals surface area contributed by atoms with Gasteiger partial charge < -0.3 is 4.90 Å². The predicted octanol–water partition coefficient (Wildman–Crippen LogP) is 3.87. The number of carbonyl (C=O) groups excluding carboxylic acids is 1. The molecule has 1 aliphatic heterocycles. The molecule has 3 rings (SSSR count). The molecule has 11 heteroatoms. The van der Waals surface area contributed by atoms with E-state index in [4.69, 9.17) is 0 Å². The van der Waals surface area contributed by atoms with Gasteiger partial charge in [0.25, 0.3) is 0 Å². The molecule has 2 aromatic rings. The van der Waals surface area contributed by atoms with Crippen molar-refractivity contribution in [2.45, 2.75) is 38.1 Å². The first-order valence-corrected chi connectivity index (χ1v) is 10.8. The summed E-state index contributed by atoms with van der Waals surface area (Å²) in [7, 11) is -4.03. The highest BCUT2D eigenvalue weighted by Gasteiger charge is 2.32. The minimum atomic E-state index is -4.62. The van der Waals surface area contributed by atoms with Crippen molar-refractivity contribution < 1.29 is 30.8 Å². The number of nitrogens with one attached hydrogen (secondary N) is 1. The van der Waals surface area contributed by atoms with Gasteiger partial charge in [0.15, 0.2) is 0 Å². The molecule has 0 aliphatic carbocycles. The summed E-state index contributed by atoms with van der Waals surface area (Å²) in [5.74, 6) is -1.54. The second-order valence-corrected chi connectivity index (χ2v) is 8.64. The summed E-state index contributed by atoms with van der Waals surface area (Å²) in [5, 5.41) is 0. The molecule has 1 aromatic carbocycles. The zero-order valence-electron chi connectivity index (χ0n) is 16.0. The minimum absolute atomic E-state index is 0.0167. The Labute approximate surface area is 171 Å². The molecule has 0 fully saturated rings. The summed E-state index contributed by atoms with van der Waals surface area (Å²) in [6, 6.07) is 4.18. The molecule has 1 N–H and O–H groups in total. The zero-order valence-corrected chi connectivity index (χ0v) is 16.8. The van der Waals surface area contributed by atoms with Crippen molar-refractivity contribution in [3.63, 3.8) is 0 Å². The van der Waals surface area contributed by atoms with Gasteiger partial charge in [0, 0.05) is 25.2 Å². The average Bonchev–Trinajstić information content (AvgIpc) is 2.63. The molecule has 0 saturated heterocycles. The van der Waals surface area contributed by atoms with Crippen LogP contribution in [0.3, 0.4) is 0 Å². The maximum Gasteiger partial charge on any atom is 0.433 e. The van der Waals surface area contributed by atoms with E-state index in [0.717, 1.165) is 18.3 Å². The molecular weight excluding hydrogens is 426 g/mol. The van der Waals surface area contributed by atoms with E-state index in [0.29, 0.717) is 24.6 Å². The largest absolute Gasteiger partial charge is 0.433 e. The summed E-state index contributed by atoms with van der Waals surface area (Å²) >= 11 is 0. The fraction of sp³-hybridized carbons (Fsp3) is 0.368. The molecule has 30 heavy (non-hydrogen) atoms. The van der Waals surface area contributed by atoms with Gasteiger partial charge >= 0.3 is 6.18 Å². The Hall–Kier alpha value is -2.69. The Bertz CT molecular complexity index is 1050. The summed E-state index contributed by atoms with van der Waals surface area (Å²) in [5.41, 5.74) is -0.426. The number of sulfonamides is 1. The second kappa shape index (κ2) is 8.21. The van der Waals surface area contributed by atoms with Crippen molar-refractivity contribution >= 4 is 27.3 Å². The molecule has 2 heterocycles. The Balaban J connectivity index is 1.80. The smallest absolute Gasteiger partial charge is 0.309 e. The number of fused-ring (bicyclic) bond motifs is 1. The fourth-order valence-electron chi connectivity index (χ4n) is 3.28. The lowest BCUT2D eigenvalue weighted by molar-refractivity contribution is -0.141. The van der Waals surface area contributed by atoms with E-state index in [1.807, 2.05) is 6.92 Å². The number of rotatable bonds is 6. The monoisotopic (exact) mass is 445 g/mol. The Morgan fingerprint density at radius 1 is 1.20 bits per heavy atom. The normalized spacial score (nSPS) is 14.6. The number of halogens is 4. The molecule has 6 nitrogen and oxygen atoms in total. The van der Waals surface area contributed by atoms with E-state index >= 15 is 0 Å². The lowest BCUT2D eigenvalue weighted by atomic mass is 10.00. The van der Waals surface area contributed by atoms with Gasteiger partial charge in [-0.15, -0.1) is 0 Å². The summed E-state index contributed by atoms with van der Waals surface area (Å²) in [4.78, 5) is 16.7. The molecule has 0 unspecified atom stereocenters. The van der Waals surface area contributed by atoms with Gasteiger partial charge in [-0.3, -0.25) is 14.5 Å². The quantitative estimate of drug-likeness (QED) is 0.685. The molecule has 1 amide bonds. The number of hydrogen-bond donors (Lipinski definition) is 1. The van der Waals surface area contributed by atoms with Crippen LogP contribution in [0.1, 0.15) is 36.6 Å². The second-order valence-electron chi connectivity index (χ2n) is 6.92. The number of amides is 1. The van der Waals surface area contributed by atoms with Gasteiger partial charge in [0.05, 0.1) is 17.1 Å². The molecular formula is C19H19F4N3O3S. The molecule has 162 valence electrons. The third-order valence-corrected chi connectivity index (χ3v) is 5.77. The van der Waals surface area contributed by atoms with Gasteiger partial charge in [-0.25, -0.2) is 12.8 Å². The number of nitrogens with zero attached hydrogens (tertiary/aromatic N) is 2. The van der Waals surface area contributed by atoms with Gasteiger partial charge in [-0.2, -0.15) is 13.2 Å². The fourth-order valence-corrected chi connectivity index (χ4v) is 4.44. The maximum absolute atomic E-state index is 14.7. The average molecular weight is 445 g/mol. The van der Waals surface area contributed by atoms with Crippen LogP contribution >= 0.6 is 0 Å². The van der Waals surface area contributed by atoms with Crippen molar-refractivity contribution in [1.82, 2.24) is 4.98 Å². The Morgan fingerprint density at radius 3 is 2.53 bits per heavy atom. The highest BCUT2D eigenvalue weighted by Crippen LogP contribution is 2.34. The third kappa shape index (κ3) is 4.89. The summed E-state index contributed by atoms with van der Waals surface area (Å²) in [6.45, 7) is 2.22. The van der Waals surface area contributed by atoms with Crippen LogP contribution in [0.15, 0.2) is 30.5 Å². The zero-order chi connectivity index (χ0) is 22.1. The van der Waals surface area contributed by atoms with E-state index < -0.39 is 33.5 Å². The van der Waals surface area contributed by atoms with Crippen LogP contribution in [0.2, 0.25) is 0 Å². The minimum Gasteiger partial charge on any atom is -0.309 e. The molecule has 0 atom stereocenters. The van der Waals surface area contributed by atoms with Crippen molar-refractivity contribution in [2.24, 2.45) is 0 Å². The number of hydrogen-bond acceptors (Lipinski definition) is 4. The molecule has 0 saturated carbocycles.